The molecule has 1 aliphatic carbocycles. The molecule has 0 spiro atoms. The highest BCUT2D eigenvalue weighted by Gasteiger charge is 2.32. The normalized spacial score (nSPS) is 18.4. The van der Waals surface area contributed by atoms with E-state index in [2.05, 4.69) is 4.90 Å². The molecule has 1 heterocycles. The smallest absolute Gasteiger partial charge is 0.338 e. The minimum atomic E-state index is -1.23. The van der Waals surface area contributed by atoms with Crippen LogP contribution in [0.4, 0.5) is 4.39 Å². The van der Waals surface area contributed by atoms with E-state index < -0.39 is 22.6 Å². The van der Waals surface area contributed by atoms with Crippen molar-refractivity contribution in [3.05, 3.63) is 62.9 Å². The average molecular weight is 507 g/mol. The van der Waals surface area contributed by atoms with Crippen LogP contribution in [0.3, 0.4) is 0 Å². The number of hydrogen-bond donors (Lipinski definition) is 1. The lowest BCUT2D eigenvalue weighted by molar-refractivity contribution is 0.0691. The molecule has 1 saturated carbocycles. The quantitative estimate of drug-likeness (QED) is 0.530. The molecule has 1 saturated heterocycles. The first-order valence-electron chi connectivity index (χ1n) is 9.97. The predicted octanol–water partition coefficient (Wildman–Crippen LogP) is 5.90. The lowest BCUT2D eigenvalue weighted by Crippen LogP contribution is -2.37. The molecule has 4 rings (SSSR count). The van der Waals surface area contributed by atoms with Crippen molar-refractivity contribution >= 4 is 52.4 Å². The van der Waals surface area contributed by atoms with E-state index in [4.69, 9.17) is 23.2 Å². The van der Waals surface area contributed by atoms with Crippen molar-refractivity contribution in [3.63, 3.8) is 0 Å². The fourth-order valence-electron chi connectivity index (χ4n) is 4.11. The van der Waals surface area contributed by atoms with E-state index in [-0.39, 0.29) is 29.1 Å². The monoisotopic (exact) mass is 505 g/mol. The molecule has 2 aromatic rings. The number of aromatic carboxylic acids is 1. The van der Waals surface area contributed by atoms with Gasteiger partial charge in [0.25, 0.3) is 0 Å². The standard InChI is InChI=1S/C22H22Cl2FNO3S.ClH/c23-15-9-16(24)11-18(10-15)30(29)17-5-7-26(8-6-17)12-14-3-4-19(22(27)28)21(25)20(14)13-1-2-13;/h3-4,9-11,13,17H,1-2,5-8,12H2,(H,27,28);1H. The van der Waals surface area contributed by atoms with E-state index in [1.165, 1.54) is 6.07 Å². The molecule has 2 aromatic carbocycles. The number of piperidine rings is 1. The first kappa shape index (κ1) is 24.5. The number of hydrogen-bond acceptors (Lipinski definition) is 3. The zero-order valence-corrected chi connectivity index (χ0v) is 19.8. The molecule has 1 unspecified atom stereocenters. The molecule has 0 aromatic heterocycles. The molecule has 4 nitrogen and oxygen atoms in total. The summed E-state index contributed by atoms with van der Waals surface area (Å²) in [6.07, 6.45) is 3.31. The van der Waals surface area contributed by atoms with Crippen molar-refractivity contribution in [1.82, 2.24) is 4.90 Å². The van der Waals surface area contributed by atoms with Gasteiger partial charge in [-0.05, 0) is 80.1 Å². The predicted molar refractivity (Wildman–Crippen MR) is 124 cm³/mol. The van der Waals surface area contributed by atoms with Crippen molar-refractivity contribution in [2.75, 3.05) is 13.1 Å². The molecule has 2 aliphatic rings. The third-order valence-corrected chi connectivity index (χ3v) is 8.00. The van der Waals surface area contributed by atoms with Crippen LogP contribution in [0.1, 0.15) is 53.1 Å². The van der Waals surface area contributed by atoms with Crippen molar-refractivity contribution < 1.29 is 18.5 Å². The number of benzene rings is 2. The van der Waals surface area contributed by atoms with Crippen molar-refractivity contribution in [1.29, 1.82) is 0 Å². The third-order valence-electron chi connectivity index (χ3n) is 5.79. The van der Waals surface area contributed by atoms with Crippen LogP contribution in [0, 0.1) is 5.82 Å². The number of nitrogens with zero attached hydrogens (tertiary/aromatic N) is 1. The van der Waals surface area contributed by atoms with Gasteiger partial charge < -0.3 is 5.11 Å². The van der Waals surface area contributed by atoms with Crippen LogP contribution >= 0.6 is 35.6 Å². The van der Waals surface area contributed by atoms with E-state index in [0.717, 1.165) is 44.3 Å². The summed E-state index contributed by atoms with van der Waals surface area (Å²) in [4.78, 5) is 14.2. The van der Waals surface area contributed by atoms with Crippen LogP contribution in [0.2, 0.25) is 10.0 Å². The van der Waals surface area contributed by atoms with Gasteiger partial charge in [0.1, 0.15) is 5.82 Å². The summed E-state index contributed by atoms with van der Waals surface area (Å²) in [7, 11) is -1.19. The molecular weight excluding hydrogens is 484 g/mol. The summed E-state index contributed by atoms with van der Waals surface area (Å²) in [5.41, 5.74) is 1.17. The second kappa shape index (κ2) is 10.2. The molecule has 2 fully saturated rings. The summed E-state index contributed by atoms with van der Waals surface area (Å²) in [5.74, 6) is -1.70. The molecule has 31 heavy (non-hydrogen) atoms. The van der Waals surface area contributed by atoms with Crippen LogP contribution in [-0.4, -0.2) is 38.5 Å². The Kier molecular flexibility index (Phi) is 8.03. The maximum atomic E-state index is 14.8. The fourth-order valence-corrected chi connectivity index (χ4v) is 6.27. The molecule has 168 valence electrons. The van der Waals surface area contributed by atoms with Crippen LogP contribution in [0.5, 0.6) is 0 Å². The Hall–Kier alpha value is -1.18. The fraction of sp³-hybridized carbons (Fsp3) is 0.409. The SMILES string of the molecule is Cl.O=C(O)c1ccc(CN2CCC(S(=O)c3cc(Cl)cc(Cl)c3)CC2)c(C2CC2)c1F. The van der Waals surface area contributed by atoms with E-state index in [1.807, 2.05) is 0 Å². The Morgan fingerprint density at radius 2 is 1.71 bits per heavy atom. The second-order valence-corrected chi connectivity index (χ2v) is 10.6. The maximum Gasteiger partial charge on any atom is 0.338 e. The Labute approximate surface area is 199 Å². The van der Waals surface area contributed by atoms with E-state index in [0.29, 0.717) is 27.0 Å². The third kappa shape index (κ3) is 5.60. The average Bonchev–Trinajstić information content (AvgIpc) is 3.52. The van der Waals surface area contributed by atoms with Crippen LogP contribution in [0.25, 0.3) is 0 Å². The number of carboxylic acids is 1. The molecule has 0 radical (unpaired) electrons. The second-order valence-electron chi connectivity index (χ2n) is 7.96. The Morgan fingerprint density at radius 1 is 1.10 bits per heavy atom. The Bertz CT molecular complexity index is 987. The highest BCUT2D eigenvalue weighted by molar-refractivity contribution is 7.85. The molecule has 1 aliphatic heterocycles. The van der Waals surface area contributed by atoms with Crippen molar-refractivity contribution in [2.45, 2.75) is 48.3 Å². The van der Waals surface area contributed by atoms with Crippen LogP contribution in [0.15, 0.2) is 35.2 Å². The van der Waals surface area contributed by atoms with E-state index in [9.17, 15) is 18.5 Å². The van der Waals surface area contributed by atoms with Gasteiger partial charge in [-0.3, -0.25) is 9.11 Å². The van der Waals surface area contributed by atoms with Gasteiger partial charge in [0.15, 0.2) is 0 Å². The van der Waals surface area contributed by atoms with E-state index in [1.54, 1.807) is 24.3 Å². The van der Waals surface area contributed by atoms with Gasteiger partial charge in [-0.1, -0.05) is 29.3 Å². The molecule has 1 N–H and O–H groups in total. The summed E-state index contributed by atoms with van der Waals surface area (Å²) in [6, 6.07) is 8.13. The van der Waals surface area contributed by atoms with Crippen LogP contribution in [-0.2, 0) is 17.3 Å². The number of rotatable bonds is 6. The zero-order valence-electron chi connectivity index (χ0n) is 16.7. The van der Waals surface area contributed by atoms with Crippen molar-refractivity contribution in [3.8, 4) is 0 Å². The van der Waals surface area contributed by atoms with Crippen molar-refractivity contribution in [2.24, 2.45) is 0 Å². The number of carboxylic acid groups (broad SMARTS) is 1. The maximum absolute atomic E-state index is 14.8. The highest BCUT2D eigenvalue weighted by atomic mass is 35.5. The van der Waals surface area contributed by atoms with Gasteiger partial charge in [-0.2, -0.15) is 0 Å². The zero-order chi connectivity index (χ0) is 21.4. The molecule has 1 atom stereocenters. The Morgan fingerprint density at radius 3 is 2.26 bits per heavy atom. The minimum absolute atomic E-state index is 0. The first-order valence-corrected chi connectivity index (χ1v) is 11.9. The molecule has 0 bridgehead atoms. The van der Waals surface area contributed by atoms with Gasteiger partial charge in [0.05, 0.1) is 16.4 Å². The number of likely N-dealkylation sites (tertiary alicyclic amines) is 1. The lowest BCUT2D eigenvalue weighted by Gasteiger charge is -2.32. The van der Waals surface area contributed by atoms with Crippen LogP contribution < -0.4 is 0 Å². The molecule has 0 amide bonds. The topological polar surface area (TPSA) is 57.6 Å². The minimum Gasteiger partial charge on any atom is -0.478 e. The molecular formula is C22H23Cl3FNO3S. The summed E-state index contributed by atoms with van der Waals surface area (Å²) < 4.78 is 27.7. The Balaban J connectivity index is 0.00000272. The van der Waals surface area contributed by atoms with Gasteiger partial charge in [0.2, 0.25) is 0 Å². The first-order chi connectivity index (χ1) is 14.3. The van der Waals surface area contributed by atoms with Gasteiger partial charge in [0, 0.05) is 26.7 Å². The van der Waals surface area contributed by atoms with Gasteiger partial charge in [-0.25, -0.2) is 9.18 Å². The van der Waals surface area contributed by atoms with Gasteiger partial charge >= 0.3 is 5.97 Å². The van der Waals surface area contributed by atoms with Gasteiger partial charge in [-0.15, -0.1) is 12.4 Å². The summed E-state index contributed by atoms with van der Waals surface area (Å²) >= 11 is 12.1. The molecule has 9 heteroatoms. The number of halogens is 4. The van der Waals surface area contributed by atoms with E-state index >= 15 is 0 Å². The number of carbonyl (C=O) groups is 1. The lowest BCUT2D eigenvalue weighted by atomic mass is 9.97. The largest absolute Gasteiger partial charge is 0.478 e. The highest BCUT2D eigenvalue weighted by Crippen LogP contribution is 2.44. The summed E-state index contributed by atoms with van der Waals surface area (Å²) in [5, 5.41) is 10.2. The summed E-state index contributed by atoms with van der Waals surface area (Å²) in [6.45, 7) is 2.07.